The molecule has 4 nitrogen and oxygen atoms in total. The van der Waals surface area contributed by atoms with Crippen molar-refractivity contribution in [2.75, 3.05) is 5.32 Å². The highest BCUT2D eigenvalue weighted by molar-refractivity contribution is 6.30. The topological polar surface area (TPSA) is 54.9 Å². The van der Waals surface area contributed by atoms with Crippen LogP contribution in [0.5, 0.6) is 0 Å². The number of aromatic nitrogens is 2. The Hall–Kier alpha value is -2.72. The molecule has 3 rings (SSSR count). The molecule has 1 N–H and O–H groups in total. The van der Waals surface area contributed by atoms with Crippen molar-refractivity contribution in [1.29, 1.82) is 0 Å². The van der Waals surface area contributed by atoms with E-state index < -0.39 is 0 Å². The predicted molar refractivity (Wildman–Crippen MR) is 96.0 cm³/mol. The number of hydrogen-bond acceptors (Lipinski definition) is 3. The van der Waals surface area contributed by atoms with Crippen LogP contribution in [0.25, 0.3) is 11.3 Å². The average Bonchev–Trinajstić information content (AvgIpc) is 2.58. The molecule has 120 valence electrons. The van der Waals surface area contributed by atoms with Crippen LogP contribution in [0.15, 0.2) is 60.7 Å². The summed E-state index contributed by atoms with van der Waals surface area (Å²) >= 11 is 6.19. The van der Waals surface area contributed by atoms with Crippen LogP contribution in [-0.4, -0.2) is 16.1 Å². The maximum Gasteiger partial charge on any atom is 0.221 e. The lowest BCUT2D eigenvalue weighted by Crippen LogP contribution is -2.05. The van der Waals surface area contributed by atoms with Crippen molar-refractivity contribution in [1.82, 2.24) is 10.2 Å². The molecular weight excluding hydrogens is 322 g/mol. The fourth-order valence-corrected chi connectivity index (χ4v) is 2.58. The third-order valence-corrected chi connectivity index (χ3v) is 3.88. The highest BCUT2D eigenvalue weighted by atomic mass is 35.5. The summed E-state index contributed by atoms with van der Waals surface area (Å²) in [6.45, 7) is 1.48. The van der Waals surface area contributed by atoms with Gasteiger partial charge in [0.2, 0.25) is 5.91 Å². The normalized spacial score (nSPS) is 10.4. The Morgan fingerprint density at radius 1 is 1.04 bits per heavy atom. The summed E-state index contributed by atoms with van der Waals surface area (Å²) in [5.41, 5.74) is 4.51. The van der Waals surface area contributed by atoms with E-state index in [2.05, 4.69) is 27.6 Å². The predicted octanol–water partition coefficient (Wildman–Crippen LogP) is 4.35. The molecule has 5 heteroatoms. The van der Waals surface area contributed by atoms with Gasteiger partial charge >= 0.3 is 0 Å². The minimum Gasteiger partial charge on any atom is -0.326 e. The van der Waals surface area contributed by atoms with Crippen molar-refractivity contribution in [3.05, 3.63) is 76.9 Å². The van der Waals surface area contributed by atoms with Gasteiger partial charge in [-0.25, -0.2) is 0 Å². The van der Waals surface area contributed by atoms with Gasteiger partial charge in [0.15, 0.2) is 5.15 Å². The Morgan fingerprint density at radius 3 is 2.42 bits per heavy atom. The number of rotatable bonds is 4. The van der Waals surface area contributed by atoms with Crippen LogP contribution in [0.2, 0.25) is 5.15 Å². The molecular formula is C19H16ClN3O. The van der Waals surface area contributed by atoms with Crippen molar-refractivity contribution < 1.29 is 4.79 Å². The smallest absolute Gasteiger partial charge is 0.221 e. The molecule has 0 saturated carbocycles. The number of anilines is 1. The summed E-state index contributed by atoms with van der Waals surface area (Å²) in [6, 6.07) is 19.5. The Bertz CT molecular complexity index is 848. The molecule has 3 aromatic rings. The van der Waals surface area contributed by atoms with E-state index in [0.717, 1.165) is 22.5 Å². The standard InChI is InChI=1S/C19H16ClN3O/c1-13(24)21-17-9-7-15(8-10-17)18-12-16(19(20)23-22-18)11-14-5-3-2-4-6-14/h2-10,12H,11H2,1H3,(H,21,24). The third kappa shape index (κ3) is 3.97. The number of amides is 1. The molecule has 0 aliphatic carbocycles. The van der Waals surface area contributed by atoms with Crippen LogP contribution in [0, 0.1) is 0 Å². The Balaban J connectivity index is 1.86. The first-order chi connectivity index (χ1) is 11.6. The number of hydrogen-bond donors (Lipinski definition) is 1. The van der Waals surface area contributed by atoms with E-state index in [1.54, 1.807) is 0 Å². The molecule has 0 bridgehead atoms. The van der Waals surface area contributed by atoms with Gasteiger partial charge in [0.25, 0.3) is 0 Å². The third-order valence-electron chi connectivity index (χ3n) is 3.56. The van der Waals surface area contributed by atoms with E-state index in [4.69, 9.17) is 11.6 Å². The quantitative estimate of drug-likeness (QED) is 0.770. The molecule has 0 spiro atoms. The van der Waals surface area contributed by atoms with Crippen molar-refractivity contribution >= 4 is 23.2 Å². The lowest BCUT2D eigenvalue weighted by molar-refractivity contribution is -0.114. The molecule has 0 saturated heterocycles. The second-order valence-electron chi connectivity index (χ2n) is 5.47. The second-order valence-corrected chi connectivity index (χ2v) is 5.82. The van der Waals surface area contributed by atoms with Crippen LogP contribution < -0.4 is 5.32 Å². The molecule has 0 atom stereocenters. The highest BCUT2D eigenvalue weighted by Gasteiger charge is 2.08. The number of halogens is 1. The van der Waals surface area contributed by atoms with Crippen LogP contribution in [-0.2, 0) is 11.2 Å². The van der Waals surface area contributed by atoms with Crippen LogP contribution in [0.1, 0.15) is 18.1 Å². The summed E-state index contributed by atoms with van der Waals surface area (Å²) in [5.74, 6) is -0.0980. The van der Waals surface area contributed by atoms with E-state index >= 15 is 0 Å². The minimum absolute atomic E-state index is 0.0980. The number of benzene rings is 2. The molecule has 0 radical (unpaired) electrons. The highest BCUT2D eigenvalue weighted by Crippen LogP contribution is 2.24. The fourth-order valence-electron chi connectivity index (χ4n) is 2.42. The summed E-state index contributed by atoms with van der Waals surface area (Å²) in [4.78, 5) is 11.1. The molecule has 0 aliphatic heterocycles. The van der Waals surface area contributed by atoms with Crippen molar-refractivity contribution in [2.45, 2.75) is 13.3 Å². The van der Waals surface area contributed by atoms with Gasteiger partial charge in [-0.3, -0.25) is 4.79 Å². The van der Waals surface area contributed by atoms with Crippen molar-refractivity contribution in [3.8, 4) is 11.3 Å². The molecule has 24 heavy (non-hydrogen) atoms. The number of carbonyl (C=O) groups excluding carboxylic acids is 1. The van der Waals surface area contributed by atoms with Crippen molar-refractivity contribution in [2.24, 2.45) is 0 Å². The first-order valence-electron chi connectivity index (χ1n) is 7.56. The summed E-state index contributed by atoms with van der Waals surface area (Å²) in [6.07, 6.45) is 0.701. The summed E-state index contributed by atoms with van der Waals surface area (Å²) < 4.78 is 0. The van der Waals surface area contributed by atoms with Crippen LogP contribution in [0.4, 0.5) is 5.69 Å². The van der Waals surface area contributed by atoms with E-state index in [9.17, 15) is 4.79 Å². The van der Waals surface area contributed by atoms with Gasteiger partial charge in [0.1, 0.15) is 0 Å². The molecule has 1 heterocycles. The van der Waals surface area contributed by atoms with Gasteiger partial charge in [0, 0.05) is 24.6 Å². The van der Waals surface area contributed by atoms with Gasteiger partial charge in [-0.15, -0.1) is 10.2 Å². The van der Waals surface area contributed by atoms with Crippen LogP contribution >= 0.6 is 11.6 Å². The van der Waals surface area contributed by atoms with Gasteiger partial charge in [-0.1, -0.05) is 54.1 Å². The molecule has 0 unspecified atom stereocenters. The van der Waals surface area contributed by atoms with E-state index in [1.807, 2.05) is 48.5 Å². The first kappa shape index (κ1) is 16.1. The first-order valence-corrected chi connectivity index (χ1v) is 7.93. The minimum atomic E-state index is -0.0980. The zero-order valence-corrected chi connectivity index (χ0v) is 13.9. The largest absolute Gasteiger partial charge is 0.326 e. The lowest BCUT2D eigenvalue weighted by atomic mass is 10.0. The summed E-state index contributed by atoms with van der Waals surface area (Å²) in [5, 5.41) is 11.4. The monoisotopic (exact) mass is 337 g/mol. The maximum absolute atomic E-state index is 11.1. The van der Waals surface area contributed by atoms with E-state index in [0.29, 0.717) is 11.6 Å². The Morgan fingerprint density at radius 2 is 1.75 bits per heavy atom. The molecule has 0 fully saturated rings. The Kier molecular flexibility index (Phi) is 4.87. The van der Waals surface area contributed by atoms with Gasteiger partial charge in [-0.05, 0) is 29.3 Å². The number of carbonyl (C=O) groups is 1. The van der Waals surface area contributed by atoms with E-state index in [-0.39, 0.29) is 5.91 Å². The van der Waals surface area contributed by atoms with E-state index in [1.165, 1.54) is 12.5 Å². The SMILES string of the molecule is CC(=O)Nc1ccc(-c2cc(Cc3ccccc3)c(Cl)nn2)cc1. The van der Waals surface area contributed by atoms with Crippen LogP contribution in [0.3, 0.4) is 0 Å². The Labute approximate surface area is 145 Å². The maximum atomic E-state index is 11.1. The fraction of sp³-hybridized carbons (Fsp3) is 0.105. The lowest BCUT2D eigenvalue weighted by Gasteiger charge is -2.07. The second kappa shape index (κ2) is 7.23. The molecule has 2 aromatic carbocycles. The number of nitrogens with zero attached hydrogens (tertiary/aromatic N) is 2. The molecule has 0 aliphatic rings. The summed E-state index contributed by atoms with van der Waals surface area (Å²) in [7, 11) is 0. The zero-order chi connectivity index (χ0) is 16.9. The van der Waals surface area contributed by atoms with Crippen molar-refractivity contribution in [3.63, 3.8) is 0 Å². The van der Waals surface area contributed by atoms with Gasteiger partial charge in [-0.2, -0.15) is 0 Å². The zero-order valence-electron chi connectivity index (χ0n) is 13.2. The molecule has 1 amide bonds. The number of nitrogens with one attached hydrogen (secondary N) is 1. The average molecular weight is 338 g/mol. The van der Waals surface area contributed by atoms with Gasteiger partial charge in [0.05, 0.1) is 5.69 Å². The van der Waals surface area contributed by atoms with Gasteiger partial charge < -0.3 is 5.32 Å². The molecule has 1 aromatic heterocycles.